The molecule has 27 heavy (non-hydrogen) atoms. The van der Waals surface area contributed by atoms with Crippen molar-refractivity contribution in [3.63, 3.8) is 0 Å². The van der Waals surface area contributed by atoms with Crippen LogP contribution in [0.4, 0.5) is 30.7 Å². The molecule has 0 unspecified atom stereocenters. The van der Waals surface area contributed by atoms with Crippen LogP contribution in [0.5, 0.6) is 0 Å². The van der Waals surface area contributed by atoms with Crippen molar-refractivity contribution in [1.82, 2.24) is 0 Å². The Labute approximate surface area is 163 Å². The van der Waals surface area contributed by atoms with E-state index in [0.29, 0.717) is 6.07 Å². The molecule has 0 amide bonds. The first-order valence-corrected chi connectivity index (χ1v) is 8.60. The summed E-state index contributed by atoms with van der Waals surface area (Å²) in [6, 6.07) is 8.68. The maximum absolute atomic E-state index is 14.8. The first-order chi connectivity index (χ1) is 12.4. The predicted molar refractivity (Wildman–Crippen MR) is 93.6 cm³/mol. The average molecular weight is 501 g/mol. The quantitative estimate of drug-likeness (QED) is 0.340. The van der Waals surface area contributed by atoms with E-state index in [1.54, 1.807) is 28.7 Å². The van der Waals surface area contributed by atoms with Crippen LogP contribution in [0, 0.1) is 14.9 Å². The molecule has 0 fully saturated rings. The lowest BCUT2D eigenvalue weighted by atomic mass is 9.85. The molecule has 0 radical (unpaired) electrons. The SMILES string of the molecule is CCc1cc(I)c(-c2ccc(C#N)cc2)c(C(F)(C(F)(F)F)C(F)(F)F)c1. The van der Waals surface area contributed by atoms with Crippen molar-refractivity contribution < 1.29 is 30.7 Å². The van der Waals surface area contributed by atoms with Crippen molar-refractivity contribution in [3.8, 4) is 17.2 Å². The Morgan fingerprint density at radius 3 is 1.85 bits per heavy atom. The van der Waals surface area contributed by atoms with Gasteiger partial charge in [0.15, 0.2) is 0 Å². The minimum atomic E-state index is -6.21. The predicted octanol–water partition coefficient (Wildman–Crippen LogP) is 6.68. The van der Waals surface area contributed by atoms with Gasteiger partial charge in [0.25, 0.3) is 0 Å². The second-order valence-corrected chi connectivity index (χ2v) is 6.86. The number of rotatable bonds is 3. The standard InChI is InChI=1S/C18H11F7IN/c1-2-10-7-13(16(19,17(20,21)22)18(23,24)25)15(14(26)8-10)12-5-3-11(9-27)4-6-12/h3-8H,2H2,1H3. The summed E-state index contributed by atoms with van der Waals surface area (Å²) in [5.74, 6) is 0. The number of alkyl halides is 7. The van der Waals surface area contributed by atoms with Crippen molar-refractivity contribution in [2.24, 2.45) is 0 Å². The Balaban J connectivity index is 2.92. The summed E-state index contributed by atoms with van der Waals surface area (Å²) >= 11 is 1.59. The van der Waals surface area contributed by atoms with E-state index in [0.717, 1.165) is 0 Å². The minimum absolute atomic E-state index is 0.0437. The number of halogens is 8. The monoisotopic (exact) mass is 501 g/mol. The molecule has 0 N–H and O–H groups in total. The van der Waals surface area contributed by atoms with Crippen LogP contribution in [-0.4, -0.2) is 12.4 Å². The van der Waals surface area contributed by atoms with Crippen LogP contribution in [0.1, 0.15) is 23.6 Å². The topological polar surface area (TPSA) is 23.8 Å². The molecule has 144 valence electrons. The van der Waals surface area contributed by atoms with Gasteiger partial charge in [-0.3, -0.25) is 0 Å². The molecule has 0 aliphatic rings. The van der Waals surface area contributed by atoms with Crippen LogP contribution >= 0.6 is 22.6 Å². The summed E-state index contributed by atoms with van der Waals surface area (Å²) in [6.07, 6.45) is -12.3. The first-order valence-electron chi connectivity index (χ1n) is 7.52. The van der Waals surface area contributed by atoms with Gasteiger partial charge in [0.05, 0.1) is 11.6 Å². The van der Waals surface area contributed by atoms with E-state index in [2.05, 4.69) is 0 Å². The van der Waals surface area contributed by atoms with Gasteiger partial charge in [0.2, 0.25) is 0 Å². The highest BCUT2D eigenvalue weighted by Gasteiger charge is 2.74. The van der Waals surface area contributed by atoms with Gasteiger partial charge in [-0.25, -0.2) is 4.39 Å². The molecular formula is C18H11F7IN. The second-order valence-electron chi connectivity index (χ2n) is 5.70. The molecule has 0 spiro atoms. The summed E-state index contributed by atoms with van der Waals surface area (Å²) in [7, 11) is 0. The van der Waals surface area contributed by atoms with Gasteiger partial charge in [-0.1, -0.05) is 25.1 Å². The van der Waals surface area contributed by atoms with Gasteiger partial charge in [-0.15, -0.1) is 0 Å². The van der Waals surface area contributed by atoms with Crippen LogP contribution in [0.25, 0.3) is 11.1 Å². The van der Waals surface area contributed by atoms with Gasteiger partial charge in [-0.2, -0.15) is 31.6 Å². The molecule has 0 bridgehead atoms. The summed E-state index contributed by atoms with van der Waals surface area (Å²) in [6.45, 7) is 1.54. The fourth-order valence-corrected chi connectivity index (χ4v) is 3.61. The van der Waals surface area contributed by atoms with E-state index in [1.807, 2.05) is 0 Å². The Morgan fingerprint density at radius 1 is 0.926 bits per heavy atom. The van der Waals surface area contributed by atoms with Crippen molar-refractivity contribution in [3.05, 3.63) is 56.7 Å². The molecule has 0 heterocycles. The molecule has 2 aromatic carbocycles. The average Bonchev–Trinajstić information content (AvgIpc) is 2.58. The normalized spacial score (nSPS) is 12.7. The summed E-state index contributed by atoms with van der Waals surface area (Å²) < 4.78 is 94.8. The van der Waals surface area contributed by atoms with Crippen molar-refractivity contribution in [2.75, 3.05) is 0 Å². The Kier molecular flexibility index (Phi) is 5.80. The largest absolute Gasteiger partial charge is 0.435 e. The van der Waals surface area contributed by atoms with Crippen molar-refractivity contribution >= 4 is 22.6 Å². The Bertz CT molecular complexity index is 863. The van der Waals surface area contributed by atoms with Gasteiger partial charge >= 0.3 is 18.0 Å². The van der Waals surface area contributed by atoms with Crippen LogP contribution in [-0.2, 0) is 12.1 Å². The van der Waals surface area contributed by atoms with Crippen molar-refractivity contribution in [2.45, 2.75) is 31.4 Å². The zero-order chi connectivity index (χ0) is 20.6. The van der Waals surface area contributed by atoms with E-state index in [-0.39, 0.29) is 26.7 Å². The zero-order valence-electron chi connectivity index (χ0n) is 13.6. The molecule has 0 saturated carbocycles. The number of nitrogens with zero attached hydrogens (tertiary/aromatic N) is 1. The zero-order valence-corrected chi connectivity index (χ0v) is 15.8. The van der Waals surface area contributed by atoms with E-state index in [4.69, 9.17) is 5.26 Å². The Morgan fingerprint density at radius 2 is 1.44 bits per heavy atom. The number of hydrogen-bond acceptors (Lipinski definition) is 1. The highest BCUT2D eigenvalue weighted by molar-refractivity contribution is 14.1. The fourth-order valence-electron chi connectivity index (χ4n) is 2.61. The first kappa shape index (κ1) is 21.5. The van der Waals surface area contributed by atoms with E-state index in [9.17, 15) is 30.7 Å². The third kappa shape index (κ3) is 3.77. The number of benzene rings is 2. The lowest BCUT2D eigenvalue weighted by Gasteiger charge is -2.32. The number of nitriles is 1. The van der Waals surface area contributed by atoms with E-state index < -0.39 is 29.1 Å². The molecule has 9 heteroatoms. The summed E-state index contributed by atoms with van der Waals surface area (Å²) in [4.78, 5) is 0. The van der Waals surface area contributed by atoms with E-state index >= 15 is 0 Å². The highest BCUT2D eigenvalue weighted by atomic mass is 127. The van der Waals surface area contributed by atoms with Gasteiger partial charge < -0.3 is 0 Å². The third-order valence-corrected chi connectivity index (χ3v) is 4.86. The molecule has 0 aromatic heterocycles. The van der Waals surface area contributed by atoms with Crippen LogP contribution in [0.2, 0.25) is 0 Å². The minimum Gasteiger partial charge on any atom is -0.218 e. The highest BCUT2D eigenvalue weighted by Crippen LogP contribution is 2.56. The summed E-state index contributed by atoms with van der Waals surface area (Å²) in [5, 5.41) is 8.81. The van der Waals surface area contributed by atoms with Crippen LogP contribution in [0.3, 0.4) is 0 Å². The van der Waals surface area contributed by atoms with Gasteiger partial charge in [-0.05, 0) is 58.3 Å². The lowest BCUT2D eigenvalue weighted by molar-refractivity contribution is -0.348. The number of hydrogen-bond donors (Lipinski definition) is 0. The van der Waals surface area contributed by atoms with Crippen LogP contribution in [0.15, 0.2) is 36.4 Å². The molecular weight excluding hydrogens is 490 g/mol. The van der Waals surface area contributed by atoms with Gasteiger partial charge in [0, 0.05) is 14.7 Å². The Hall–Kier alpha value is -1.83. The molecule has 0 aliphatic carbocycles. The van der Waals surface area contributed by atoms with E-state index in [1.165, 1.54) is 37.3 Å². The molecule has 2 aromatic rings. The summed E-state index contributed by atoms with van der Waals surface area (Å²) in [5.41, 5.74) is -7.29. The maximum Gasteiger partial charge on any atom is 0.435 e. The van der Waals surface area contributed by atoms with Crippen LogP contribution < -0.4 is 0 Å². The smallest absolute Gasteiger partial charge is 0.218 e. The van der Waals surface area contributed by atoms with Crippen molar-refractivity contribution in [1.29, 1.82) is 5.26 Å². The molecule has 0 atom stereocenters. The molecule has 0 aliphatic heterocycles. The number of aryl methyl sites for hydroxylation is 1. The third-order valence-electron chi connectivity index (χ3n) is 4.01. The second kappa shape index (κ2) is 7.30. The van der Waals surface area contributed by atoms with Gasteiger partial charge in [0.1, 0.15) is 0 Å². The lowest BCUT2D eigenvalue weighted by Crippen LogP contribution is -2.50. The maximum atomic E-state index is 14.8. The molecule has 1 nitrogen and oxygen atoms in total. The molecule has 2 rings (SSSR count). The molecule has 0 saturated heterocycles. The fraction of sp³-hybridized carbons (Fsp3) is 0.278.